The Balaban J connectivity index is 1.94. The van der Waals surface area contributed by atoms with Crippen LogP contribution in [0.25, 0.3) is 0 Å². The molecule has 8 heteroatoms. The Morgan fingerprint density at radius 2 is 2.12 bits per heavy atom. The van der Waals surface area contributed by atoms with E-state index in [0.29, 0.717) is 36.9 Å². The molecule has 0 bridgehead atoms. The summed E-state index contributed by atoms with van der Waals surface area (Å²) >= 11 is 1.41. The van der Waals surface area contributed by atoms with Crippen molar-refractivity contribution in [2.75, 3.05) is 5.32 Å². The maximum absolute atomic E-state index is 12.1. The minimum atomic E-state index is -0.0787. The molecule has 0 fully saturated rings. The molecule has 0 aliphatic carbocycles. The number of hydrogen-bond acceptors (Lipinski definition) is 6. The number of carbonyl (C=O) groups is 1. The second-order valence-electron chi connectivity index (χ2n) is 5.93. The summed E-state index contributed by atoms with van der Waals surface area (Å²) in [5.74, 6) is 0.225. The Bertz CT molecular complexity index is 755. The van der Waals surface area contributed by atoms with Crippen molar-refractivity contribution in [1.82, 2.24) is 20.0 Å². The molecule has 0 spiro atoms. The molecule has 0 aliphatic heterocycles. The number of nitriles is 1. The monoisotopic (exact) mass is 346 g/mol. The fourth-order valence-electron chi connectivity index (χ4n) is 2.41. The number of hydrogen-bond donors (Lipinski definition) is 1. The molecule has 1 N–H and O–H groups in total. The van der Waals surface area contributed by atoms with E-state index in [1.165, 1.54) is 11.3 Å². The molecule has 0 radical (unpaired) electrons. The van der Waals surface area contributed by atoms with E-state index in [4.69, 9.17) is 5.26 Å². The second kappa shape index (κ2) is 8.02. The van der Waals surface area contributed by atoms with E-state index in [0.717, 1.165) is 22.0 Å². The van der Waals surface area contributed by atoms with Gasteiger partial charge in [-0.1, -0.05) is 25.2 Å². The Hall–Kier alpha value is -2.27. The number of aryl methyl sites for hydroxylation is 2. The van der Waals surface area contributed by atoms with Crippen LogP contribution < -0.4 is 5.32 Å². The lowest BCUT2D eigenvalue weighted by atomic mass is 10.1. The van der Waals surface area contributed by atoms with Gasteiger partial charge in [-0.05, 0) is 25.8 Å². The Labute approximate surface area is 145 Å². The predicted molar refractivity (Wildman–Crippen MR) is 92.9 cm³/mol. The maximum Gasteiger partial charge on any atom is 0.226 e. The number of nitrogens with zero attached hydrogens (tertiary/aromatic N) is 5. The van der Waals surface area contributed by atoms with Crippen LogP contribution in [0.1, 0.15) is 54.6 Å². The van der Waals surface area contributed by atoms with E-state index in [9.17, 15) is 4.79 Å². The van der Waals surface area contributed by atoms with Crippen LogP contribution in [-0.2, 0) is 17.8 Å². The minimum Gasteiger partial charge on any atom is -0.301 e. The second-order valence-corrected chi connectivity index (χ2v) is 6.94. The number of aromatic nitrogens is 4. The van der Waals surface area contributed by atoms with Crippen LogP contribution in [0.4, 0.5) is 5.13 Å². The summed E-state index contributed by atoms with van der Waals surface area (Å²) in [7, 11) is 0. The van der Waals surface area contributed by atoms with Crippen molar-refractivity contribution in [1.29, 1.82) is 5.26 Å². The van der Waals surface area contributed by atoms with E-state index in [-0.39, 0.29) is 5.91 Å². The standard InChI is InChI=1S/C16H22N6OS/c1-10(2)15-19-20-16(24-15)18-14(23)7-6-13-11(3)21-22(12(13)4)9-5-8-17/h10H,5-7,9H2,1-4H3,(H,18,20,23). The number of rotatable bonds is 7. The first-order chi connectivity index (χ1) is 11.4. The SMILES string of the molecule is Cc1nn(CCC#N)c(C)c1CCC(=O)Nc1nnc(C(C)C)s1. The quantitative estimate of drug-likeness (QED) is 0.831. The molecule has 2 heterocycles. The van der Waals surface area contributed by atoms with Crippen molar-refractivity contribution >= 4 is 22.4 Å². The summed E-state index contributed by atoms with van der Waals surface area (Å²) in [6.07, 6.45) is 1.41. The molecule has 7 nitrogen and oxygen atoms in total. The fourth-order valence-corrected chi connectivity index (χ4v) is 3.17. The van der Waals surface area contributed by atoms with Crippen LogP contribution in [0.5, 0.6) is 0 Å². The van der Waals surface area contributed by atoms with Gasteiger partial charge in [-0.2, -0.15) is 10.4 Å². The highest BCUT2D eigenvalue weighted by molar-refractivity contribution is 7.15. The number of amides is 1. The number of nitrogens with one attached hydrogen (secondary N) is 1. The average molecular weight is 346 g/mol. The van der Waals surface area contributed by atoms with Crippen LogP contribution in [0.2, 0.25) is 0 Å². The van der Waals surface area contributed by atoms with Crippen LogP contribution in [0.15, 0.2) is 0 Å². The van der Waals surface area contributed by atoms with Gasteiger partial charge in [0.05, 0.1) is 24.7 Å². The molecule has 2 aromatic rings. The molecule has 0 aliphatic rings. The summed E-state index contributed by atoms with van der Waals surface area (Å²) in [4.78, 5) is 12.1. The van der Waals surface area contributed by atoms with E-state index < -0.39 is 0 Å². The highest BCUT2D eigenvalue weighted by Gasteiger charge is 2.14. The lowest BCUT2D eigenvalue weighted by molar-refractivity contribution is -0.116. The maximum atomic E-state index is 12.1. The van der Waals surface area contributed by atoms with E-state index in [1.54, 1.807) is 0 Å². The molecule has 0 unspecified atom stereocenters. The van der Waals surface area contributed by atoms with E-state index in [2.05, 4.69) is 26.7 Å². The van der Waals surface area contributed by atoms with Crippen molar-refractivity contribution < 1.29 is 4.79 Å². The molecule has 0 atom stereocenters. The van der Waals surface area contributed by atoms with Crippen molar-refractivity contribution in [2.24, 2.45) is 0 Å². The molecular weight excluding hydrogens is 324 g/mol. The van der Waals surface area contributed by atoms with Crippen molar-refractivity contribution in [3.8, 4) is 6.07 Å². The zero-order chi connectivity index (χ0) is 17.7. The van der Waals surface area contributed by atoms with Crippen molar-refractivity contribution in [2.45, 2.75) is 59.4 Å². The number of carbonyl (C=O) groups excluding carboxylic acids is 1. The molecular formula is C16H22N6OS. The third kappa shape index (κ3) is 4.38. The fraction of sp³-hybridized carbons (Fsp3) is 0.562. The topological polar surface area (TPSA) is 96.5 Å². The third-order valence-electron chi connectivity index (χ3n) is 3.75. The van der Waals surface area contributed by atoms with Gasteiger partial charge in [-0.25, -0.2) is 0 Å². The van der Waals surface area contributed by atoms with Crippen LogP contribution in [0, 0.1) is 25.2 Å². The average Bonchev–Trinajstić information content (AvgIpc) is 3.09. The number of anilines is 1. The molecule has 2 rings (SSSR count). The third-order valence-corrected chi connectivity index (χ3v) is 4.89. The van der Waals surface area contributed by atoms with Crippen LogP contribution in [0.3, 0.4) is 0 Å². The van der Waals surface area contributed by atoms with Gasteiger partial charge >= 0.3 is 0 Å². The largest absolute Gasteiger partial charge is 0.301 e. The summed E-state index contributed by atoms with van der Waals surface area (Å²) in [5.41, 5.74) is 3.01. The van der Waals surface area contributed by atoms with Crippen molar-refractivity contribution in [3.05, 3.63) is 22.0 Å². The van der Waals surface area contributed by atoms with Gasteiger partial charge in [-0.15, -0.1) is 10.2 Å². The van der Waals surface area contributed by atoms with Gasteiger partial charge in [0.15, 0.2) is 0 Å². The molecule has 1 amide bonds. The Morgan fingerprint density at radius 3 is 2.75 bits per heavy atom. The highest BCUT2D eigenvalue weighted by Crippen LogP contribution is 2.22. The highest BCUT2D eigenvalue weighted by atomic mass is 32.1. The molecule has 0 saturated carbocycles. The summed E-state index contributed by atoms with van der Waals surface area (Å²) in [5, 5.41) is 25.5. The molecule has 0 saturated heterocycles. The van der Waals surface area contributed by atoms with Crippen molar-refractivity contribution in [3.63, 3.8) is 0 Å². The van der Waals surface area contributed by atoms with E-state index >= 15 is 0 Å². The summed E-state index contributed by atoms with van der Waals surface area (Å²) < 4.78 is 1.84. The zero-order valence-electron chi connectivity index (χ0n) is 14.5. The Morgan fingerprint density at radius 1 is 1.38 bits per heavy atom. The predicted octanol–water partition coefficient (Wildman–Crippen LogP) is 2.96. The van der Waals surface area contributed by atoms with Gasteiger partial charge in [-0.3, -0.25) is 9.48 Å². The van der Waals surface area contributed by atoms with Gasteiger partial charge in [0.1, 0.15) is 5.01 Å². The normalized spacial score (nSPS) is 10.8. The minimum absolute atomic E-state index is 0.0787. The zero-order valence-corrected chi connectivity index (χ0v) is 15.3. The van der Waals surface area contributed by atoms with Crippen LogP contribution >= 0.6 is 11.3 Å². The smallest absolute Gasteiger partial charge is 0.226 e. The first kappa shape index (κ1) is 18.1. The van der Waals surface area contributed by atoms with Gasteiger partial charge in [0.25, 0.3) is 0 Å². The molecule has 128 valence electrons. The Kier molecular flexibility index (Phi) is 6.04. The molecule has 24 heavy (non-hydrogen) atoms. The summed E-state index contributed by atoms with van der Waals surface area (Å²) in [6.45, 7) is 8.58. The summed E-state index contributed by atoms with van der Waals surface area (Å²) in [6, 6.07) is 2.12. The molecule has 2 aromatic heterocycles. The van der Waals surface area contributed by atoms with Crippen LogP contribution in [-0.4, -0.2) is 25.9 Å². The lowest BCUT2D eigenvalue weighted by Gasteiger charge is -2.04. The van der Waals surface area contributed by atoms with Gasteiger partial charge < -0.3 is 5.32 Å². The first-order valence-electron chi connectivity index (χ1n) is 7.95. The van der Waals surface area contributed by atoms with E-state index in [1.807, 2.05) is 32.4 Å². The van der Waals surface area contributed by atoms with Gasteiger partial charge in [0, 0.05) is 18.0 Å². The molecule has 0 aromatic carbocycles. The van der Waals surface area contributed by atoms with Gasteiger partial charge in [0.2, 0.25) is 11.0 Å². The lowest BCUT2D eigenvalue weighted by Crippen LogP contribution is -2.12. The first-order valence-corrected chi connectivity index (χ1v) is 8.77.